The molecule has 0 saturated carbocycles. The number of benzene rings is 11. The summed E-state index contributed by atoms with van der Waals surface area (Å²) in [6, 6.07) is 71.1. The molecule has 0 N–H and O–H groups in total. The Morgan fingerprint density at radius 3 is 1.29 bits per heavy atom. The van der Waals surface area contributed by atoms with Crippen molar-refractivity contribution in [2.75, 3.05) is 0 Å². The Kier molecular flexibility index (Phi) is 6.47. The van der Waals surface area contributed by atoms with Crippen molar-refractivity contribution in [3.63, 3.8) is 0 Å². The molecule has 266 valence electrons. The summed E-state index contributed by atoms with van der Waals surface area (Å²) in [5.41, 5.74) is 6.42. The quantitative estimate of drug-likeness (QED) is 0.134. The maximum Gasteiger partial charge on any atom is 0.161 e. The van der Waals surface area contributed by atoms with Gasteiger partial charge in [-0.3, -0.25) is 0 Å². The number of rotatable bonds is 3. The zero-order valence-corrected chi connectivity index (χ0v) is 31.4. The first-order chi connectivity index (χ1) is 28.8. The van der Waals surface area contributed by atoms with Crippen LogP contribution in [0.5, 0.6) is 0 Å². The minimum absolute atomic E-state index is 0.732. The second-order valence-electron chi connectivity index (χ2n) is 15.6. The van der Waals surface area contributed by atoms with Crippen LogP contribution in [0.2, 0.25) is 0 Å². The number of hydrogen-bond acceptors (Lipinski definition) is 2. The summed E-state index contributed by atoms with van der Waals surface area (Å²) < 4.78 is 0. The normalized spacial score (nSPS) is 12.1. The molecule has 0 unspecified atom stereocenters. The van der Waals surface area contributed by atoms with Gasteiger partial charge in [-0.2, -0.15) is 0 Å². The third-order valence-corrected chi connectivity index (χ3v) is 12.5. The first kappa shape index (κ1) is 31.5. The van der Waals surface area contributed by atoms with Gasteiger partial charge in [0.25, 0.3) is 0 Å². The van der Waals surface area contributed by atoms with Crippen molar-refractivity contribution >= 4 is 97.1 Å². The molecule has 12 aromatic carbocycles. The van der Waals surface area contributed by atoms with Crippen LogP contribution in [0.4, 0.5) is 0 Å². The van der Waals surface area contributed by atoms with Gasteiger partial charge < -0.3 is 0 Å². The standard InChI is InChI=1S/C56H32N2/c1-2-13-36(14-3-1)55-46-22-8-9-26-48(46)57-56(58-55)54-43-20-6-4-18-39(43)49(40-19-5-7-21-44(40)54)38-31-37-30-29-35-16-11-24-42-41-23-10-15-33-27-28-34-17-12-25-45(52(34)50(33)41)47(32-38)53(37)51(35)42/h1-32H. The van der Waals surface area contributed by atoms with E-state index in [9.17, 15) is 0 Å². The maximum atomic E-state index is 5.41. The summed E-state index contributed by atoms with van der Waals surface area (Å²) in [6.45, 7) is 0. The average molecular weight is 733 g/mol. The Balaban J connectivity index is 1.19. The van der Waals surface area contributed by atoms with Crippen LogP contribution in [0.3, 0.4) is 0 Å². The molecule has 0 radical (unpaired) electrons. The largest absolute Gasteiger partial charge is 0.228 e. The average Bonchev–Trinajstić information content (AvgIpc) is 3.29. The molecule has 0 fully saturated rings. The number of para-hydroxylation sites is 1. The molecule has 2 nitrogen and oxygen atoms in total. The highest BCUT2D eigenvalue weighted by molar-refractivity contribution is 6.37. The van der Waals surface area contributed by atoms with E-state index >= 15 is 0 Å². The summed E-state index contributed by atoms with van der Waals surface area (Å²) in [5.74, 6) is 0.732. The topological polar surface area (TPSA) is 25.8 Å². The molecule has 0 saturated heterocycles. The van der Waals surface area contributed by atoms with Crippen molar-refractivity contribution in [2.45, 2.75) is 0 Å². The van der Waals surface area contributed by atoms with E-state index in [0.29, 0.717) is 0 Å². The summed E-state index contributed by atoms with van der Waals surface area (Å²) in [4.78, 5) is 10.7. The highest BCUT2D eigenvalue weighted by atomic mass is 14.9. The molecule has 0 amide bonds. The van der Waals surface area contributed by atoms with Crippen LogP contribution in [-0.4, -0.2) is 9.97 Å². The van der Waals surface area contributed by atoms with Gasteiger partial charge in [0, 0.05) is 16.5 Å². The van der Waals surface area contributed by atoms with Crippen molar-refractivity contribution in [1.82, 2.24) is 9.97 Å². The predicted octanol–water partition coefficient (Wildman–Crippen LogP) is 15.3. The lowest BCUT2D eigenvalue weighted by molar-refractivity contribution is 1.24. The zero-order valence-electron chi connectivity index (χ0n) is 31.4. The van der Waals surface area contributed by atoms with Gasteiger partial charge in [-0.15, -0.1) is 0 Å². The Morgan fingerprint density at radius 2 is 0.707 bits per heavy atom. The molecular formula is C56H32N2. The Labute approximate surface area is 333 Å². The van der Waals surface area contributed by atoms with E-state index in [-0.39, 0.29) is 0 Å². The fourth-order valence-corrected chi connectivity index (χ4v) is 10.1. The third-order valence-electron chi connectivity index (χ3n) is 12.5. The van der Waals surface area contributed by atoms with E-state index in [1.165, 1.54) is 86.5 Å². The SMILES string of the molecule is c1ccc(-c2nc(-c3c4ccccc4c(-c4cc5ccc6cccc7c8cccc9ccc%10cccc(c(c4)c5c67)c%10c98)c4ccccc34)nc3ccccc23)cc1. The predicted molar refractivity (Wildman–Crippen MR) is 247 cm³/mol. The zero-order chi connectivity index (χ0) is 37.9. The maximum absolute atomic E-state index is 5.41. The second-order valence-corrected chi connectivity index (χ2v) is 15.6. The van der Waals surface area contributed by atoms with Gasteiger partial charge in [-0.25, -0.2) is 9.97 Å². The van der Waals surface area contributed by atoms with Crippen LogP contribution < -0.4 is 0 Å². The summed E-state index contributed by atoms with van der Waals surface area (Å²) in [5, 5.41) is 21.1. The van der Waals surface area contributed by atoms with E-state index < -0.39 is 0 Å². The Bertz CT molecular complexity index is 3780. The van der Waals surface area contributed by atoms with Crippen molar-refractivity contribution in [3.8, 4) is 33.8 Å². The van der Waals surface area contributed by atoms with Gasteiger partial charge in [0.1, 0.15) is 0 Å². The Morgan fingerprint density at radius 1 is 0.259 bits per heavy atom. The molecular weight excluding hydrogens is 701 g/mol. The van der Waals surface area contributed by atoms with Crippen LogP contribution in [-0.2, 0) is 0 Å². The van der Waals surface area contributed by atoms with Crippen molar-refractivity contribution < 1.29 is 0 Å². The van der Waals surface area contributed by atoms with Gasteiger partial charge in [0.2, 0.25) is 0 Å². The lowest BCUT2D eigenvalue weighted by Crippen LogP contribution is -1.98. The smallest absolute Gasteiger partial charge is 0.161 e. The van der Waals surface area contributed by atoms with Crippen LogP contribution in [0.25, 0.3) is 131 Å². The minimum Gasteiger partial charge on any atom is -0.228 e. The summed E-state index contributed by atoms with van der Waals surface area (Å²) >= 11 is 0. The number of hydrogen-bond donors (Lipinski definition) is 0. The van der Waals surface area contributed by atoms with Crippen molar-refractivity contribution in [2.24, 2.45) is 0 Å². The van der Waals surface area contributed by atoms with E-state index in [1.807, 2.05) is 0 Å². The van der Waals surface area contributed by atoms with Crippen LogP contribution in [0.1, 0.15) is 0 Å². The van der Waals surface area contributed by atoms with Gasteiger partial charge in [0.05, 0.1) is 11.2 Å². The fourth-order valence-electron chi connectivity index (χ4n) is 10.1. The van der Waals surface area contributed by atoms with Gasteiger partial charge >= 0.3 is 0 Å². The molecule has 1 heterocycles. The molecule has 1 aromatic heterocycles. The van der Waals surface area contributed by atoms with E-state index in [2.05, 4.69) is 194 Å². The highest BCUT2D eigenvalue weighted by Gasteiger charge is 2.22. The lowest BCUT2D eigenvalue weighted by atomic mass is 9.84. The molecule has 0 aliphatic rings. The molecule has 2 heteroatoms. The van der Waals surface area contributed by atoms with Crippen molar-refractivity contribution in [1.29, 1.82) is 0 Å². The van der Waals surface area contributed by atoms with E-state index in [0.717, 1.165) is 44.3 Å². The fraction of sp³-hybridized carbons (Fsp3) is 0. The van der Waals surface area contributed by atoms with Crippen LogP contribution in [0, 0.1) is 0 Å². The highest BCUT2D eigenvalue weighted by Crippen LogP contribution is 2.48. The van der Waals surface area contributed by atoms with Crippen molar-refractivity contribution in [3.05, 3.63) is 194 Å². The summed E-state index contributed by atoms with van der Waals surface area (Å²) in [6.07, 6.45) is 0. The number of aromatic nitrogens is 2. The molecule has 0 atom stereocenters. The molecule has 0 spiro atoms. The number of nitrogens with zero attached hydrogens (tertiary/aromatic N) is 2. The molecule has 0 bridgehead atoms. The molecule has 13 aromatic rings. The lowest BCUT2D eigenvalue weighted by Gasteiger charge is -2.20. The summed E-state index contributed by atoms with van der Waals surface area (Å²) in [7, 11) is 0. The molecule has 13 rings (SSSR count). The molecule has 58 heavy (non-hydrogen) atoms. The van der Waals surface area contributed by atoms with Gasteiger partial charge in [-0.1, -0.05) is 176 Å². The first-order valence-corrected chi connectivity index (χ1v) is 20.0. The van der Waals surface area contributed by atoms with Crippen LogP contribution in [0.15, 0.2) is 194 Å². The Hall–Kier alpha value is -7.68. The van der Waals surface area contributed by atoms with Gasteiger partial charge in [-0.05, 0) is 116 Å². The van der Waals surface area contributed by atoms with Crippen LogP contribution >= 0.6 is 0 Å². The third kappa shape index (κ3) is 4.37. The molecule has 0 aliphatic carbocycles. The number of fused-ring (bicyclic) bond motifs is 5. The van der Waals surface area contributed by atoms with E-state index in [1.54, 1.807) is 0 Å². The van der Waals surface area contributed by atoms with Gasteiger partial charge in [0.15, 0.2) is 5.82 Å². The second kappa shape index (κ2) is 11.9. The monoisotopic (exact) mass is 732 g/mol. The first-order valence-electron chi connectivity index (χ1n) is 20.0. The molecule has 0 aliphatic heterocycles. The van der Waals surface area contributed by atoms with E-state index in [4.69, 9.17) is 9.97 Å². The minimum atomic E-state index is 0.732.